The molecule has 0 unspecified atom stereocenters. The van der Waals surface area contributed by atoms with Gasteiger partial charge < -0.3 is 4.42 Å². The second-order valence-corrected chi connectivity index (χ2v) is 2.98. The van der Waals surface area contributed by atoms with Gasteiger partial charge in [0, 0.05) is 18.0 Å². The average molecular weight is 187 g/mol. The molecule has 3 heteroatoms. The second kappa shape index (κ2) is 3.46. The topological polar surface area (TPSA) is 43.1 Å². The van der Waals surface area contributed by atoms with Crippen LogP contribution in [0.2, 0.25) is 0 Å². The van der Waals surface area contributed by atoms with Gasteiger partial charge in [0.25, 0.3) is 0 Å². The molecule has 2 aromatic rings. The van der Waals surface area contributed by atoms with Crippen molar-refractivity contribution in [2.45, 2.75) is 6.92 Å². The van der Waals surface area contributed by atoms with Crippen LogP contribution in [0.1, 0.15) is 16.1 Å². The van der Waals surface area contributed by atoms with E-state index < -0.39 is 0 Å². The van der Waals surface area contributed by atoms with Crippen molar-refractivity contribution in [2.75, 3.05) is 0 Å². The SMILES string of the molecule is Cc1oc(-c2cccnc2)cc1C=O. The number of pyridine rings is 1. The molecule has 0 saturated heterocycles. The van der Waals surface area contributed by atoms with Gasteiger partial charge in [0.05, 0.1) is 5.56 Å². The lowest BCUT2D eigenvalue weighted by atomic mass is 10.2. The van der Waals surface area contributed by atoms with Crippen LogP contribution in [0.25, 0.3) is 11.3 Å². The van der Waals surface area contributed by atoms with E-state index in [-0.39, 0.29) is 0 Å². The van der Waals surface area contributed by atoms with Crippen LogP contribution < -0.4 is 0 Å². The molecule has 70 valence electrons. The van der Waals surface area contributed by atoms with Gasteiger partial charge in [-0.3, -0.25) is 9.78 Å². The molecule has 2 aromatic heterocycles. The maximum atomic E-state index is 10.6. The Labute approximate surface area is 81.4 Å². The fourth-order valence-corrected chi connectivity index (χ4v) is 1.26. The van der Waals surface area contributed by atoms with E-state index in [1.165, 1.54) is 0 Å². The molecule has 2 heterocycles. The Bertz CT molecular complexity index is 446. The Kier molecular flexibility index (Phi) is 2.14. The molecule has 14 heavy (non-hydrogen) atoms. The van der Waals surface area contributed by atoms with E-state index in [1.807, 2.05) is 12.1 Å². The Balaban J connectivity index is 2.48. The summed E-state index contributed by atoms with van der Waals surface area (Å²) in [6, 6.07) is 5.44. The van der Waals surface area contributed by atoms with E-state index >= 15 is 0 Å². The van der Waals surface area contributed by atoms with Crippen molar-refractivity contribution >= 4 is 6.29 Å². The molecule has 0 aromatic carbocycles. The highest BCUT2D eigenvalue weighted by Crippen LogP contribution is 2.23. The van der Waals surface area contributed by atoms with E-state index in [0.29, 0.717) is 17.1 Å². The summed E-state index contributed by atoms with van der Waals surface area (Å²) in [7, 11) is 0. The highest BCUT2D eigenvalue weighted by Gasteiger charge is 2.07. The molecule has 3 nitrogen and oxygen atoms in total. The fourth-order valence-electron chi connectivity index (χ4n) is 1.26. The quantitative estimate of drug-likeness (QED) is 0.678. The Morgan fingerprint density at radius 1 is 1.50 bits per heavy atom. The van der Waals surface area contributed by atoms with Crippen LogP contribution in [-0.2, 0) is 0 Å². The number of nitrogens with zero attached hydrogens (tertiary/aromatic N) is 1. The number of aromatic nitrogens is 1. The summed E-state index contributed by atoms with van der Waals surface area (Å²) in [6.07, 6.45) is 4.19. The van der Waals surface area contributed by atoms with Crippen molar-refractivity contribution in [3.8, 4) is 11.3 Å². The lowest BCUT2D eigenvalue weighted by Crippen LogP contribution is -1.75. The van der Waals surface area contributed by atoms with Crippen LogP contribution in [0.4, 0.5) is 0 Å². The molecule has 0 aliphatic rings. The fraction of sp³-hybridized carbons (Fsp3) is 0.0909. The highest BCUT2D eigenvalue weighted by molar-refractivity contribution is 5.79. The minimum atomic E-state index is 0.587. The largest absolute Gasteiger partial charge is 0.461 e. The van der Waals surface area contributed by atoms with Crippen molar-refractivity contribution in [1.29, 1.82) is 0 Å². The number of aryl methyl sites for hydroxylation is 1. The maximum absolute atomic E-state index is 10.6. The first-order chi connectivity index (χ1) is 6.81. The van der Waals surface area contributed by atoms with Gasteiger partial charge in [-0.05, 0) is 25.1 Å². The van der Waals surface area contributed by atoms with Crippen molar-refractivity contribution in [1.82, 2.24) is 4.98 Å². The van der Waals surface area contributed by atoms with E-state index in [1.54, 1.807) is 25.4 Å². The molecule has 0 N–H and O–H groups in total. The third-order valence-electron chi connectivity index (χ3n) is 2.03. The summed E-state index contributed by atoms with van der Waals surface area (Å²) in [6.45, 7) is 1.77. The van der Waals surface area contributed by atoms with Crippen LogP contribution in [-0.4, -0.2) is 11.3 Å². The Hall–Kier alpha value is -1.90. The smallest absolute Gasteiger partial charge is 0.153 e. The average Bonchev–Trinajstić information content (AvgIpc) is 2.61. The summed E-state index contributed by atoms with van der Waals surface area (Å²) in [5.41, 5.74) is 1.47. The van der Waals surface area contributed by atoms with Crippen LogP contribution >= 0.6 is 0 Å². The highest BCUT2D eigenvalue weighted by atomic mass is 16.3. The molecule has 0 atom stereocenters. The van der Waals surface area contributed by atoms with Crippen molar-refractivity contribution in [3.63, 3.8) is 0 Å². The van der Waals surface area contributed by atoms with Crippen LogP contribution in [0.15, 0.2) is 35.0 Å². The number of hydrogen-bond acceptors (Lipinski definition) is 3. The van der Waals surface area contributed by atoms with Gasteiger partial charge in [-0.2, -0.15) is 0 Å². The lowest BCUT2D eigenvalue weighted by molar-refractivity contribution is 0.112. The minimum Gasteiger partial charge on any atom is -0.461 e. The molecule has 0 aliphatic carbocycles. The predicted molar refractivity (Wildman–Crippen MR) is 52.1 cm³/mol. The number of rotatable bonds is 2. The van der Waals surface area contributed by atoms with Crippen LogP contribution in [0.3, 0.4) is 0 Å². The predicted octanol–water partition coefficient (Wildman–Crippen LogP) is 2.46. The summed E-state index contributed by atoms with van der Waals surface area (Å²) >= 11 is 0. The minimum absolute atomic E-state index is 0.587. The standard InChI is InChI=1S/C11H9NO2/c1-8-10(7-13)5-11(14-8)9-3-2-4-12-6-9/h2-7H,1H3. The monoisotopic (exact) mass is 187 g/mol. The van der Waals surface area contributed by atoms with Gasteiger partial charge >= 0.3 is 0 Å². The molecular weight excluding hydrogens is 178 g/mol. The first-order valence-corrected chi connectivity index (χ1v) is 4.27. The van der Waals surface area contributed by atoms with E-state index in [4.69, 9.17) is 4.42 Å². The van der Waals surface area contributed by atoms with Crippen molar-refractivity contribution < 1.29 is 9.21 Å². The maximum Gasteiger partial charge on any atom is 0.153 e. The van der Waals surface area contributed by atoms with E-state index in [9.17, 15) is 4.79 Å². The number of carbonyl (C=O) groups excluding carboxylic acids is 1. The third-order valence-corrected chi connectivity index (χ3v) is 2.03. The molecule has 0 fully saturated rings. The molecule has 0 spiro atoms. The molecular formula is C11H9NO2. The van der Waals surface area contributed by atoms with Crippen LogP contribution in [0, 0.1) is 6.92 Å². The van der Waals surface area contributed by atoms with Gasteiger partial charge in [0.15, 0.2) is 6.29 Å². The van der Waals surface area contributed by atoms with Gasteiger partial charge in [0.1, 0.15) is 11.5 Å². The van der Waals surface area contributed by atoms with Gasteiger partial charge in [0.2, 0.25) is 0 Å². The molecule has 0 radical (unpaired) electrons. The number of aldehydes is 1. The number of hydrogen-bond donors (Lipinski definition) is 0. The van der Waals surface area contributed by atoms with Gasteiger partial charge in [-0.15, -0.1) is 0 Å². The molecule has 2 rings (SSSR count). The van der Waals surface area contributed by atoms with Crippen LogP contribution in [0.5, 0.6) is 0 Å². The first kappa shape index (κ1) is 8.69. The summed E-state index contributed by atoms with van der Waals surface area (Å²) < 4.78 is 5.42. The number of carbonyl (C=O) groups is 1. The normalized spacial score (nSPS) is 10.1. The zero-order valence-electron chi connectivity index (χ0n) is 7.73. The summed E-state index contributed by atoms with van der Waals surface area (Å²) in [5, 5.41) is 0. The first-order valence-electron chi connectivity index (χ1n) is 4.27. The van der Waals surface area contributed by atoms with Gasteiger partial charge in [-0.25, -0.2) is 0 Å². The van der Waals surface area contributed by atoms with Crippen molar-refractivity contribution in [3.05, 3.63) is 41.9 Å². The van der Waals surface area contributed by atoms with Crippen molar-refractivity contribution in [2.24, 2.45) is 0 Å². The third kappa shape index (κ3) is 1.44. The molecule has 0 bridgehead atoms. The zero-order valence-corrected chi connectivity index (χ0v) is 7.73. The zero-order chi connectivity index (χ0) is 9.97. The summed E-state index contributed by atoms with van der Waals surface area (Å²) in [4.78, 5) is 14.6. The van der Waals surface area contributed by atoms with E-state index in [2.05, 4.69) is 4.98 Å². The molecule has 0 saturated carbocycles. The molecule has 0 aliphatic heterocycles. The molecule has 0 amide bonds. The number of furan rings is 1. The second-order valence-electron chi connectivity index (χ2n) is 2.98. The summed E-state index contributed by atoms with van der Waals surface area (Å²) in [5.74, 6) is 1.32. The van der Waals surface area contributed by atoms with Gasteiger partial charge in [-0.1, -0.05) is 0 Å². The lowest BCUT2D eigenvalue weighted by Gasteiger charge is -1.92. The Morgan fingerprint density at radius 3 is 2.93 bits per heavy atom. The van der Waals surface area contributed by atoms with E-state index in [0.717, 1.165) is 11.8 Å². The Morgan fingerprint density at radius 2 is 2.36 bits per heavy atom.